The number of nitrogens with one attached hydrogen (secondary N) is 1. The Morgan fingerprint density at radius 2 is 2.22 bits per heavy atom. The summed E-state index contributed by atoms with van der Waals surface area (Å²) in [5.74, 6) is -1.01. The number of aryl methyl sites for hydroxylation is 1. The van der Waals surface area contributed by atoms with E-state index in [1.807, 2.05) is 18.2 Å². The molecule has 96 valence electrons. The Labute approximate surface area is 104 Å². The molecule has 2 rings (SSSR count). The highest BCUT2D eigenvalue weighted by atomic mass is 19.3. The maximum absolute atomic E-state index is 11.8. The maximum atomic E-state index is 11.8. The monoisotopic (exact) mass is 251 g/mol. The number of carbonyl (C=O) groups excluding carboxylic acids is 1. The molecule has 0 fully saturated rings. The van der Waals surface area contributed by atoms with Crippen molar-refractivity contribution in [3.63, 3.8) is 0 Å². The average molecular weight is 251 g/mol. The Morgan fingerprint density at radius 1 is 1.39 bits per heavy atom. The first kappa shape index (κ1) is 12.6. The van der Waals surface area contributed by atoms with Crippen molar-refractivity contribution < 1.29 is 19.0 Å². The lowest BCUT2D eigenvalue weighted by molar-refractivity contribution is -0.0792. The van der Waals surface area contributed by atoms with Gasteiger partial charge in [-0.3, -0.25) is 0 Å². The summed E-state index contributed by atoms with van der Waals surface area (Å²) < 4.78 is 16.8. The predicted octanol–water partition coefficient (Wildman–Crippen LogP) is 2.79. The van der Waals surface area contributed by atoms with Crippen molar-refractivity contribution in [3.05, 3.63) is 35.5 Å². The molecular formula is C13H14FNO3. The lowest BCUT2D eigenvalue weighted by atomic mass is 10.1. The summed E-state index contributed by atoms with van der Waals surface area (Å²) in [6, 6.07) is 7.39. The van der Waals surface area contributed by atoms with E-state index in [0.717, 1.165) is 29.3 Å². The van der Waals surface area contributed by atoms with Crippen molar-refractivity contribution in [3.8, 4) is 0 Å². The zero-order valence-electron chi connectivity index (χ0n) is 10.0. The summed E-state index contributed by atoms with van der Waals surface area (Å²) in [5, 5.41) is 0.866. The van der Waals surface area contributed by atoms with E-state index in [9.17, 15) is 9.32 Å². The van der Waals surface area contributed by atoms with Gasteiger partial charge in [0, 0.05) is 29.1 Å². The minimum atomic E-state index is -1.01. The molecule has 0 aliphatic heterocycles. The molecule has 1 aromatic heterocycles. The lowest BCUT2D eigenvalue weighted by Crippen LogP contribution is -1.97. The Morgan fingerprint density at radius 3 is 2.94 bits per heavy atom. The van der Waals surface area contributed by atoms with Crippen molar-refractivity contribution in [2.24, 2.45) is 0 Å². The minimum Gasteiger partial charge on any atom is -0.385 e. The molecule has 18 heavy (non-hydrogen) atoms. The molecule has 1 aromatic carbocycles. The van der Waals surface area contributed by atoms with Crippen molar-refractivity contribution in [1.29, 1.82) is 0 Å². The van der Waals surface area contributed by atoms with Crippen LogP contribution in [-0.4, -0.2) is 24.7 Å². The van der Waals surface area contributed by atoms with E-state index < -0.39 is 5.97 Å². The van der Waals surface area contributed by atoms with E-state index in [0.29, 0.717) is 6.61 Å². The van der Waals surface area contributed by atoms with Gasteiger partial charge in [0.15, 0.2) is 0 Å². The van der Waals surface area contributed by atoms with E-state index in [1.54, 1.807) is 13.2 Å². The second kappa shape index (κ2) is 5.64. The number of hydrogen-bond acceptors (Lipinski definition) is 3. The number of fused-ring (bicyclic) bond motifs is 1. The lowest BCUT2D eigenvalue weighted by Gasteiger charge is -2.00. The van der Waals surface area contributed by atoms with Crippen LogP contribution in [0.3, 0.4) is 0 Å². The molecule has 5 heteroatoms. The highest BCUT2D eigenvalue weighted by molar-refractivity contribution is 5.94. The first-order chi connectivity index (χ1) is 8.74. The van der Waals surface area contributed by atoms with Crippen LogP contribution in [0.15, 0.2) is 24.3 Å². The molecule has 0 spiro atoms. The summed E-state index contributed by atoms with van der Waals surface area (Å²) in [5.41, 5.74) is 2.05. The molecule has 2 aromatic rings. The molecule has 0 aliphatic rings. The summed E-state index contributed by atoms with van der Waals surface area (Å²) >= 11 is 0. The highest BCUT2D eigenvalue weighted by Gasteiger charge is 2.11. The number of hydrogen-bond donors (Lipinski definition) is 1. The summed E-state index contributed by atoms with van der Waals surface area (Å²) in [4.78, 5) is 17.0. The number of aromatic amines is 1. The molecule has 0 atom stereocenters. The molecule has 1 heterocycles. The highest BCUT2D eigenvalue weighted by Crippen LogP contribution is 2.18. The van der Waals surface area contributed by atoms with Crippen LogP contribution in [0.25, 0.3) is 10.9 Å². The number of aromatic nitrogens is 1. The zero-order chi connectivity index (χ0) is 13.0. The van der Waals surface area contributed by atoms with Crippen molar-refractivity contribution >= 4 is 16.9 Å². The van der Waals surface area contributed by atoms with Crippen molar-refractivity contribution in [2.75, 3.05) is 13.7 Å². The van der Waals surface area contributed by atoms with Crippen LogP contribution in [0.5, 0.6) is 0 Å². The van der Waals surface area contributed by atoms with Crippen molar-refractivity contribution in [1.82, 2.24) is 4.98 Å². The van der Waals surface area contributed by atoms with E-state index in [4.69, 9.17) is 4.74 Å². The number of carbonyl (C=O) groups is 1. The average Bonchev–Trinajstić information content (AvgIpc) is 2.81. The first-order valence-corrected chi connectivity index (χ1v) is 5.68. The zero-order valence-corrected chi connectivity index (χ0v) is 10.0. The van der Waals surface area contributed by atoms with E-state index in [2.05, 4.69) is 9.93 Å². The van der Waals surface area contributed by atoms with Gasteiger partial charge in [-0.2, -0.15) is 0 Å². The third kappa shape index (κ3) is 2.68. The quantitative estimate of drug-likeness (QED) is 0.831. The third-order valence-electron chi connectivity index (χ3n) is 2.79. The topological polar surface area (TPSA) is 51.3 Å². The van der Waals surface area contributed by atoms with Gasteiger partial charge in [-0.15, -0.1) is 0 Å². The SMILES string of the molecule is COCCCc1ccc2[nH]c(C(=O)OF)cc2c1. The van der Waals surface area contributed by atoms with Gasteiger partial charge in [-0.25, -0.2) is 9.74 Å². The Hall–Kier alpha value is -1.88. The fourth-order valence-corrected chi connectivity index (χ4v) is 1.91. The number of H-pyrrole nitrogens is 1. The molecule has 0 saturated heterocycles. The van der Waals surface area contributed by atoms with Crippen LogP contribution in [0.4, 0.5) is 4.53 Å². The van der Waals surface area contributed by atoms with Gasteiger partial charge in [0.1, 0.15) is 5.69 Å². The van der Waals surface area contributed by atoms with Crippen LogP contribution in [-0.2, 0) is 16.1 Å². The molecule has 1 N–H and O–H groups in total. The fraction of sp³-hybridized carbons (Fsp3) is 0.308. The minimum absolute atomic E-state index is 0.113. The third-order valence-corrected chi connectivity index (χ3v) is 2.79. The predicted molar refractivity (Wildman–Crippen MR) is 65.0 cm³/mol. The molecule has 0 saturated carbocycles. The van der Waals surface area contributed by atoms with Gasteiger partial charge >= 0.3 is 5.97 Å². The maximum Gasteiger partial charge on any atom is 0.395 e. The molecule has 4 nitrogen and oxygen atoms in total. The van der Waals surface area contributed by atoms with Crippen molar-refractivity contribution in [2.45, 2.75) is 12.8 Å². The fourth-order valence-electron chi connectivity index (χ4n) is 1.91. The molecule has 0 aliphatic carbocycles. The number of ether oxygens (including phenoxy) is 1. The molecule has 0 amide bonds. The second-order valence-corrected chi connectivity index (χ2v) is 4.07. The summed E-state index contributed by atoms with van der Waals surface area (Å²) in [6.07, 6.45) is 1.84. The number of methoxy groups -OCH3 is 1. The van der Waals surface area contributed by atoms with Crippen LogP contribution in [0.1, 0.15) is 22.5 Å². The molecular weight excluding hydrogens is 237 g/mol. The Bertz CT molecular complexity index is 550. The Balaban J connectivity index is 2.20. The number of benzene rings is 1. The first-order valence-electron chi connectivity index (χ1n) is 5.68. The van der Waals surface area contributed by atoms with E-state index >= 15 is 0 Å². The standard InChI is InChI=1S/C13H14FNO3/c1-17-6-2-3-9-4-5-11-10(7-9)8-12(15-11)13(16)18-14/h4-5,7-8,15H,2-3,6H2,1H3. The van der Waals surface area contributed by atoms with Gasteiger partial charge < -0.3 is 9.72 Å². The van der Waals surface area contributed by atoms with Crippen LogP contribution in [0.2, 0.25) is 0 Å². The Kier molecular flexibility index (Phi) is 3.94. The van der Waals surface area contributed by atoms with Crippen LogP contribution >= 0.6 is 0 Å². The molecule has 0 unspecified atom stereocenters. The van der Waals surface area contributed by atoms with E-state index in [-0.39, 0.29) is 5.69 Å². The summed E-state index contributed by atoms with van der Waals surface area (Å²) in [7, 11) is 1.67. The van der Waals surface area contributed by atoms with Gasteiger partial charge in [0.2, 0.25) is 0 Å². The van der Waals surface area contributed by atoms with Gasteiger partial charge in [0.05, 0.1) is 0 Å². The number of rotatable bonds is 5. The van der Waals surface area contributed by atoms with Crippen LogP contribution in [0, 0.1) is 0 Å². The largest absolute Gasteiger partial charge is 0.395 e. The van der Waals surface area contributed by atoms with Gasteiger partial charge in [-0.1, -0.05) is 6.07 Å². The van der Waals surface area contributed by atoms with E-state index in [1.165, 1.54) is 0 Å². The molecule has 0 radical (unpaired) electrons. The normalized spacial score (nSPS) is 10.8. The van der Waals surface area contributed by atoms with Crippen LogP contribution < -0.4 is 0 Å². The number of halogens is 1. The summed E-state index contributed by atoms with van der Waals surface area (Å²) in [6.45, 7) is 0.713. The second-order valence-electron chi connectivity index (χ2n) is 4.07. The molecule has 0 bridgehead atoms. The van der Waals surface area contributed by atoms with Gasteiger partial charge in [-0.05, 0) is 36.6 Å². The smallest absolute Gasteiger partial charge is 0.385 e. The van der Waals surface area contributed by atoms with Gasteiger partial charge in [0.25, 0.3) is 0 Å².